The Labute approximate surface area is 145 Å². The van der Waals surface area contributed by atoms with E-state index in [0.29, 0.717) is 16.1 Å². The molecule has 0 N–H and O–H groups in total. The molecule has 2 aromatic carbocycles. The van der Waals surface area contributed by atoms with Crippen molar-refractivity contribution in [1.82, 2.24) is 4.31 Å². The smallest absolute Gasteiger partial charge is 0.258 e. The van der Waals surface area contributed by atoms with Crippen LogP contribution in [0.4, 0.5) is 5.69 Å². The number of benzene rings is 2. The Hall–Kier alpha value is -1.96. The molecule has 0 saturated carbocycles. The Morgan fingerprint density at radius 3 is 2.46 bits per heavy atom. The number of nitrogens with zero attached hydrogens (tertiary/aromatic N) is 2. The van der Waals surface area contributed by atoms with Crippen LogP contribution >= 0.6 is 11.6 Å². The number of rotatable bonds is 6. The highest BCUT2D eigenvalue weighted by Crippen LogP contribution is 2.26. The van der Waals surface area contributed by atoms with Gasteiger partial charge in [0.1, 0.15) is 0 Å². The van der Waals surface area contributed by atoms with E-state index >= 15 is 0 Å². The van der Waals surface area contributed by atoms with Crippen LogP contribution in [0.1, 0.15) is 18.1 Å². The van der Waals surface area contributed by atoms with Gasteiger partial charge in [-0.15, -0.1) is 0 Å². The van der Waals surface area contributed by atoms with Crippen LogP contribution in [-0.4, -0.2) is 24.2 Å². The van der Waals surface area contributed by atoms with Gasteiger partial charge in [0.25, 0.3) is 5.69 Å². The van der Waals surface area contributed by atoms with Crippen molar-refractivity contribution in [3.05, 3.63) is 68.7 Å². The number of nitro groups is 1. The SMILES string of the molecule is CCN(Cc1ccccc1Cl)S(=O)(=O)c1ccc(C)c([N+](=O)[O-])c1. The van der Waals surface area contributed by atoms with Crippen LogP contribution in [0.5, 0.6) is 0 Å². The summed E-state index contributed by atoms with van der Waals surface area (Å²) in [5.74, 6) is 0. The molecular formula is C16H17ClN2O4S. The average molecular weight is 369 g/mol. The van der Waals surface area contributed by atoms with E-state index in [-0.39, 0.29) is 23.7 Å². The van der Waals surface area contributed by atoms with E-state index in [1.807, 2.05) is 0 Å². The minimum absolute atomic E-state index is 0.0974. The normalized spacial score (nSPS) is 11.7. The fourth-order valence-corrected chi connectivity index (χ4v) is 3.92. The van der Waals surface area contributed by atoms with Crippen molar-refractivity contribution in [2.24, 2.45) is 0 Å². The van der Waals surface area contributed by atoms with E-state index in [1.165, 1.54) is 16.4 Å². The molecule has 8 heteroatoms. The highest BCUT2D eigenvalue weighted by Gasteiger charge is 2.26. The van der Waals surface area contributed by atoms with Crippen molar-refractivity contribution in [3.8, 4) is 0 Å². The summed E-state index contributed by atoms with van der Waals surface area (Å²) < 4.78 is 26.9. The molecule has 0 aliphatic carbocycles. The highest BCUT2D eigenvalue weighted by molar-refractivity contribution is 7.89. The van der Waals surface area contributed by atoms with Gasteiger partial charge >= 0.3 is 0 Å². The Morgan fingerprint density at radius 2 is 1.88 bits per heavy atom. The van der Waals surface area contributed by atoms with Gasteiger partial charge in [-0.3, -0.25) is 10.1 Å². The molecule has 0 bridgehead atoms. The standard InChI is InChI=1S/C16H17ClN2O4S/c1-3-18(11-13-6-4-5-7-15(13)17)24(22,23)14-9-8-12(2)16(10-14)19(20)21/h4-10H,3,11H2,1-2H3. The number of sulfonamides is 1. The Morgan fingerprint density at radius 1 is 1.21 bits per heavy atom. The number of aryl methyl sites for hydroxylation is 1. The molecule has 6 nitrogen and oxygen atoms in total. The first-order chi connectivity index (χ1) is 11.3. The van der Waals surface area contributed by atoms with Crippen LogP contribution < -0.4 is 0 Å². The first-order valence-corrected chi connectivity index (χ1v) is 9.07. The Bertz CT molecular complexity index is 868. The van der Waals surface area contributed by atoms with E-state index in [1.54, 1.807) is 38.1 Å². The van der Waals surface area contributed by atoms with Crippen molar-refractivity contribution >= 4 is 27.3 Å². The second kappa shape index (κ2) is 7.29. The molecule has 0 aliphatic rings. The first kappa shape index (κ1) is 18.4. The van der Waals surface area contributed by atoms with E-state index < -0.39 is 14.9 Å². The molecule has 128 valence electrons. The third-order valence-electron chi connectivity index (χ3n) is 3.67. The lowest BCUT2D eigenvalue weighted by Gasteiger charge is -2.21. The molecule has 0 saturated heterocycles. The van der Waals surface area contributed by atoms with Gasteiger partial charge in [-0.1, -0.05) is 42.8 Å². The molecule has 0 aliphatic heterocycles. The summed E-state index contributed by atoms with van der Waals surface area (Å²) >= 11 is 6.10. The third-order valence-corrected chi connectivity index (χ3v) is 5.96. The van der Waals surface area contributed by atoms with E-state index in [4.69, 9.17) is 11.6 Å². The molecule has 0 unspecified atom stereocenters. The minimum atomic E-state index is -3.87. The molecule has 0 atom stereocenters. The molecule has 2 aromatic rings. The van der Waals surface area contributed by atoms with Crippen molar-refractivity contribution in [2.75, 3.05) is 6.54 Å². The van der Waals surface area contributed by atoms with Crippen molar-refractivity contribution in [2.45, 2.75) is 25.3 Å². The number of halogens is 1. The van der Waals surface area contributed by atoms with Gasteiger partial charge in [-0.25, -0.2) is 8.42 Å². The topological polar surface area (TPSA) is 80.5 Å². The number of hydrogen-bond donors (Lipinski definition) is 0. The predicted octanol–water partition coefficient (Wildman–Crippen LogP) is 3.77. The monoisotopic (exact) mass is 368 g/mol. The van der Waals surface area contributed by atoms with Gasteiger partial charge in [0.2, 0.25) is 10.0 Å². The predicted molar refractivity (Wildman–Crippen MR) is 92.6 cm³/mol. The van der Waals surface area contributed by atoms with Crippen molar-refractivity contribution in [1.29, 1.82) is 0 Å². The van der Waals surface area contributed by atoms with Crippen molar-refractivity contribution in [3.63, 3.8) is 0 Å². The molecule has 0 aromatic heterocycles. The summed E-state index contributed by atoms with van der Waals surface area (Å²) in [6.07, 6.45) is 0. The molecule has 0 spiro atoms. The van der Waals surface area contributed by atoms with Gasteiger partial charge < -0.3 is 0 Å². The largest absolute Gasteiger partial charge is 0.273 e. The maximum atomic E-state index is 12.8. The van der Waals surface area contributed by atoms with E-state index in [0.717, 1.165) is 6.07 Å². The Kier molecular flexibility index (Phi) is 5.58. The molecule has 0 fully saturated rings. The summed E-state index contributed by atoms with van der Waals surface area (Å²) in [7, 11) is -3.87. The molecule has 0 amide bonds. The quantitative estimate of drug-likeness (QED) is 0.574. The second-order valence-corrected chi connectivity index (χ2v) is 7.57. The number of nitro benzene ring substituents is 1. The lowest BCUT2D eigenvalue weighted by atomic mass is 10.2. The van der Waals surface area contributed by atoms with Gasteiger partial charge in [0, 0.05) is 29.7 Å². The highest BCUT2D eigenvalue weighted by atomic mass is 35.5. The maximum Gasteiger partial charge on any atom is 0.273 e. The third kappa shape index (κ3) is 3.75. The summed E-state index contributed by atoms with van der Waals surface area (Å²) in [4.78, 5) is 10.4. The van der Waals surface area contributed by atoms with E-state index in [2.05, 4.69) is 0 Å². The van der Waals surface area contributed by atoms with Crippen molar-refractivity contribution < 1.29 is 13.3 Å². The zero-order valence-corrected chi connectivity index (χ0v) is 14.8. The van der Waals surface area contributed by atoms with E-state index in [9.17, 15) is 18.5 Å². The Balaban J connectivity index is 2.42. The fourth-order valence-electron chi connectivity index (χ4n) is 2.28. The lowest BCUT2D eigenvalue weighted by Crippen LogP contribution is -2.30. The zero-order valence-electron chi connectivity index (χ0n) is 13.3. The van der Waals surface area contributed by atoms with Gasteiger partial charge in [-0.05, 0) is 24.6 Å². The minimum Gasteiger partial charge on any atom is -0.258 e. The van der Waals surface area contributed by atoms with Crippen LogP contribution in [0.2, 0.25) is 5.02 Å². The second-order valence-electron chi connectivity index (χ2n) is 5.23. The number of hydrogen-bond acceptors (Lipinski definition) is 4. The van der Waals surface area contributed by atoms with Crippen LogP contribution in [0.3, 0.4) is 0 Å². The van der Waals surface area contributed by atoms with Crippen LogP contribution in [0.25, 0.3) is 0 Å². The lowest BCUT2D eigenvalue weighted by molar-refractivity contribution is -0.385. The summed E-state index contributed by atoms with van der Waals surface area (Å²) in [5, 5.41) is 11.5. The van der Waals surface area contributed by atoms with Crippen LogP contribution in [0, 0.1) is 17.0 Å². The van der Waals surface area contributed by atoms with Crippen LogP contribution in [-0.2, 0) is 16.6 Å². The molecular weight excluding hydrogens is 352 g/mol. The molecule has 24 heavy (non-hydrogen) atoms. The van der Waals surface area contributed by atoms with Gasteiger partial charge in [0.05, 0.1) is 9.82 Å². The molecule has 2 rings (SSSR count). The first-order valence-electron chi connectivity index (χ1n) is 7.26. The summed E-state index contributed by atoms with van der Waals surface area (Å²) in [6.45, 7) is 3.59. The fraction of sp³-hybridized carbons (Fsp3) is 0.250. The average Bonchev–Trinajstić information content (AvgIpc) is 2.53. The van der Waals surface area contributed by atoms with Crippen LogP contribution in [0.15, 0.2) is 47.4 Å². The summed E-state index contributed by atoms with van der Waals surface area (Å²) in [5.41, 5.74) is 0.865. The molecule has 0 radical (unpaired) electrons. The maximum absolute atomic E-state index is 12.8. The van der Waals surface area contributed by atoms with Gasteiger partial charge in [0.15, 0.2) is 0 Å². The molecule has 0 heterocycles. The summed E-state index contributed by atoms with van der Waals surface area (Å²) in [6, 6.07) is 10.9. The zero-order chi connectivity index (χ0) is 17.9. The van der Waals surface area contributed by atoms with Gasteiger partial charge in [-0.2, -0.15) is 4.31 Å².